The molecular formula is C16H16N2O3. The number of hydrogen-bond acceptors (Lipinski definition) is 3. The Bertz CT molecular complexity index is 624. The number of nitrogens with one attached hydrogen (secondary N) is 1. The first-order chi connectivity index (χ1) is 10.1. The fraction of sp³-hybridized carbons (Fsp3) is 0.125. The quantitative estimate of drug-likeness (QED) is 0.734. The first-order valence-electron chi connectivity index (χ1n) is 6.49. The standard InChI is InChI=1S/C16H16N2O3/c17-13-8-6-11(7-9-13)14(10-15(19)20)18-16(21)12-4-2-1-3-5-12/h1-9,14H,10,17H2,(H,18,21)(H,19,20)/t14-/m1/s1. The van der Waals surface area contributed by atoms with E-state index >= 15 is 0 Å². The summed E-state index contributed by atoms with van der Waals surface area (Å²) < 4.78 is 0. The minimum absolute atomic E-state index is 0.192. The minimum Gasteiger partial charge on any atom is -0.481 e. The number of hydrogen-bond donors (Lipinski definition) is 3. The van der Waals surface area contributed by atoms with Gasteiger partial charge in [0.2, 0.25) is 0 Å². The number of nitrogens with two attached hydrogens (primary N) is 1. The van der Waals surface area contributed by atoms with Gasteiger partial charge in [0.25, 0.3) is 5.91 Å². The van der Waals surface area contributed by atoms with E-state index in [1.54, 1.807) is 48.5 Å². The molecule has 0 aromatic heterocycles. The van der Waals surface area contributed by atoms with Crippen LogP contribution in [-0.2, 0) is 4.79 Å². The normalized spacial score (nSPS) is 11.6. The van der Waals surface area contributed by atoms with Crippen LogP contribution < -0.4 is 11.1 Å². The third-order valence-corrected chi connectivity index (χ3v) is 3.06. The number of benzene rings is 2. The highest BCUT2D eigenvalue weighted by molar-refractivity contribution is 5.94. The van der Waals surface area contributed by atoms with Gasteiger partial charge in [-0.25, -0.2) is 0 Å². The summed E-state index contributed by atoms with van der Waals surface area (Å²) in [6.07, 6.45) is -0.192. The Balaban J connectivity index is 2.18. The monoisotopic (exact) mass is 284 g/mol. The van der Waals surface area contributed by atoms with Gasteiger partial charge in [0.15, 0.2) is 0 Å². The summed E-state index contributed by atoms with van der Waals surface area (Å²) >= 11 is 0. The Morgan fingerprint density at radius 2 is 1.67 bits per heavy atom. The van der Waals surface area contributed by atoms with Crippen LogP contribution in [0.1, 0.15) is 28.4 Å². The maximum absolute atomic E-state index is 12.1. The zero-order valence-corrected chi connectivity index (χ0v) is 11.3. The predicted molar refractivity (Wildman–Crippen MR) is 79.8 cm³/mol. The molecule has 2 aromatic carbocycles. The van der Waals surface area contributed by atoms with E-state index in [0.717, 1.165) is 0 Å². The van der Waals surface area contributed by atoms with Crippen molar-refractivity contribution < 1.29 is 14.7 Å². The Labute approximate surface area is 122 Å². The lowest BCUT2D eigenvalue weighted by atomic mass is 10.0. The third-order valence-electron chi connectivity index (χ3n) is 3.06. The van der Waals surface area contributed by atoms with Crippen molar-refractivity contribution in [1.82, 2.24) is 5.32 Å². The van der Waals surface area contributed by atoms with Crippen LogP contribution in [0.25, 0.3) is 0 Å². The molecule has 0 saturated heterocycles. The van der Waals surface area contributed by atoms with Crippen LogP contribution in [0.3, 0.4) is 0 Å². The molecule has 4 N–H and O–H groups in total. The van der Waals surface area contributed by atoms with E-state index in [2.05, 4.69) is 5.32 Å². The molecule has 0 bridgehead atoms. The number of anilines is 1. The number of nitrogen functional groups attached to an aromatic ring is 1. The van der Waals surface area contributed by atoms with Gasteiger partial charge < -0.3 is 16.2 Å². The van der Waals surface area contributed by atoms with Gasteiger partial charge in [-0.15, -0.1) is 0 Å². The van der Waals surface area contributed by atoms with Crippen molar-refractivity contribution >= 4 is 17.6 Å². The number of aliphatic carboxylic acids is 1. The average molecular weight is 284 g/mol. The van der Waals surface area contributed by atoms with Gasteiger partial charge in [-0.2, -0.15) is 0 Å². The summed E-state index contributed by atoms with van der Waals surface area (Å²) in [4.78, 5) is 23.1. The number of carboxylic acids is 1. The van der Waals surface area contributed by atoms with Crippen molar-refractivity contribution in [3.63, 3.8) is 0 Å². The molecule has 1 amide bonds. The zero-order valence-electron chi connectivity index (χ0n) is 11.3. The Morgan fingerprint density at radius 3 is 2.24 bits per heavy atom. The molecule has 0 aliphatic carbocycles. The van der Waals surface area contributed by atoms with Crippen LogP contribution in [0.15, 0.2) is 54.6 Å². The highest BCUT2D eigenvalue weighted by Crippen LogP contribution is 2.19. The van der Waals surface area contributed by atoms with Crippen LogP contribution in [0.5, 0.6) is 0 Å². The molecule has 108 valence electrons. The smallest absolute Gasteiger partial charge is 0.305 e. The maximum Gasteiger partial charge on any atom is 0.305 e. The summed E-state index contributed by atoms with van der Waals surface area (Å²) in [6.45, 7) is 0. The van der Waals surface area contributed by atoms with Crippen molar-refractivity contribution in [3.8, 4) is 0 Å². The van der Waals surface area contributed by atoms with E-state index in [-0.39, 0.29) is 12.3 Å². The molecule has 0 aliphatic heterocycles. The number of rotatable bonds is 5. The van der Waals surface area contributed by atoms with E-state index in [0.29, 0.717) is 16.8 Å². The largest absolute Gasteiger partial charge is 0.481 e. The summed E-state index contributed by atoms with van der Waals surface area (Å²) in [5, 5.41) is 11.7. The van der Waals surface area contributed by atoms with E-state index in [1.165, 1.54) is 0 Å². The van der Waals surface area contributed by atoms with Gasteiger partial charge in [0.1, 0.15) is 0 Å². The van der Waals surface area contributed by atoms with Crippen molar-refractivity contribution in [2.45, 2.75) is 12.5 Å². The van der Waals surface area contributed by atoms with Crippen molar-refractivity contribution in [1.29, 1.82) is 0 Å². The number of amides is 1. The van der Waals surface area contributed by atoms with Gasteiger partial charge in [-0.05, 0) is 29.8 Å². The summed E-state index contributed by atoms with van der Waals surface area (Å²) in [7, 11) is 0. The van der Waals surface area contributed by atoms with Gasteiger partial charge in [-0.3, -0.25) is 9.59 Å². The van der Waals surface area contributed by atoms with Crippen molar-refractivity contribution in [2.24, 2.45) is 0 Å². The lowest BCUT2D eigenvalue weighted by Crippen LogP contribution is -2.30. The van der Waals surface area contributed by atoms with E-state index in [1.807, 2.05) is 6.07 Å². The number of carboxylic acid groups (broad SMARTS) is 1. The number of carbonyl (C=O) groups excluding carboxylic acids is 1. The van der Waals surface area contributed by atoms with E-state index < -0.39 is 12.0 Å². The van der Waals surface area contributed by atoms with Crippen LogP contribution in [0, 0.1) is 0 Å². The molecule has 5 heteroatoms. The van der Waals surface area contributed by atoms with Gasteiger partial charge in [0.05, 0.1) is 12.5 Å². The predicted octanol–water partition coefficient (Wildman–Crippen LogP) is 2.21. The first kappa shape index (κ1) is 14.6. The van der Waals surface area contributed by atoms with Gasteiger partial charge in [0, 0.05) is 11.3 Å². The summed E-state index contributed by atoms with van der Waals surface area (Å²) in [5.41, 5.74) is 7.40. The van der Waals surface area contributed by atoms with Crippen LogP contribution in [0.4, 0.5) is 5.69 Å². The van der Waals surface area contributed by atoms with E-state index in [4.69, 9.17) is 10.8 Å². The Morgan fingerprint density at radius 1 is 1.05 bits per heavy atom. The molecule has 5 nitrogen and oxygen atoms in total. The molecule has 0 saturated carbocycles. The molecule has 2 rings (SSSR count). The molecule has 0 unspecified atom stereocenters. The highest BCUT2D eigenvalue weighted by Gasteiger charge is 2.18. The SMILES string of the molecule is Nc1ccc([C@@H](CC(=O)O)NC(=O)c2ccccc2)cc1. The fourth-order valence-electron chi connectivity index (χ4n) is 1.99. The Kier molecular flexibility index (Phi) is 4.56. The third kappa shape index (κ3) is 4.07. The molecule has 0 aliphatic rings. The molecule has 0 fully saturated rings. The Hall–Kier alpha value is -2.82. The summed E-state index contributed by atoms with van der Waals surface area (Å²) in [6, 6.07) is 14.9. The zero-order chi connectivity index (χ0) is 15.2. The fourth-order valence-corrected chi connectivity index (χ4v) is 1.99. The van der Waals surface area contributed by atoms with E-state index in [9.17, 15) is 9.59 Å². The minimum atomic E-state index is -0.981. The van der Waals surface area contributed by atoms with Crippen molar-refractivity contribution in [2.75, 3.05) is 5.73 Å². The molecule has 2 aromatic rings. The second-order valence-corrected chi connectivity index (χ2v) is 4.66. The van der Waals surface area contributed by atoms with Crippen LogP contribution in [0.2, 0.25) is 0 Å². The molecule has 1 atom stereocenters. The lowest BCUT2D eigenvalue weighted by molar-refractivity contribution is -0.137. The highest BCUT2D eigenvalue weighted by atomic mass is 16.4. The summed E-state index contributed by atoms with van der Waals surface area (Å²) in [5.74, 6) is -1.29. The number of carbonyl (C=O) groups is 2. The van der Waals surface area contributed by atoms with Crippen LogP contribution >= 0.6 is 0 Å². The molecule has 0 spiro atoms. The second-order valence-electron chi connectivity index (χ2n) is 4.66. The molecule has 0 radical (unpaired) electrons. The van der Waals surface area contributed by atoms with Gasteiger partial charge in [-0.1, -0.05) is 30.3 Å². The van der Waals surface area contributed by atoms with Gasteiger partial charge >= 0.3 is 5.97 Å². The average Bonchev–Trinajstić information content (AvgIpc) is 2.48. The maximum atomic E-state index is 12.1. The van der Waals surface area contributed by atoms with Crippen molar-refractivity contribution in [3.05, 3.63) is 65.7 Å². The molecule has 0 heterocycles. The molecular weight excluding hydrogens is 268 g/mol. The second kappa shape index (κ2) is 6.56. The lowest BCUT2D eigenvalue weighted by Gasteiger charge is -2.17. The first-order valence-corrected chi connectivity index (χ1v) is 6.49. The van der Waals surface area contributed by atoms with Crippen LogP contribution in [-0.4, -0.2) is 17.0 Å². The topological polar surface area (TPSA) is 92.4 Å². The molecule has 21 heavy (non-hydrogen) atoms.